The summed E-state index contributed by atoms with van der Waals surface area (Å²) < 4.78 is 18.5. The molecule has 0 radical (unpaired) electrons. The molecule has 0 heterocycles. The van der Waals surface area contributed by atoms with E-state index in [0.29, 0.717) is 5.56 Å². The largest absolute Gasteiger partial charge is 0.490 e. The highest BCUT2D eigenvalue weighted by molar-refractivity contribution is 5.75. The average molecular weight is 226 g/mol. The zero-order valence-corrected chi connectivity index (χ0v) is 9.13. The zero-order chi connectivity index (χ0) is 12.0. The molecule has 0 fully saturated rings. The molecule has 0 aliphatic heterocycles. The molecule has 0 unspecified atom stereocenters. The molecular formula is C11H15FN2O2. The highest BCUT2D eigenvalue weighted by atomic mass is 19.1. The number of halogens is 1. The third kappa shape index (κ3) is 3.51. The minimum Gasteiger partial charge on any atom is -0.490 e. The molecule has 0 aromatic heterocycles. The first-order chi connectivity index (χ1) is 7.67. The molecule has 0 atom stereocenters. The van der Waals surface area contributed by atoms with Crippen LogP contribution in [0.4, 0.5) is 4.39 Å². The van der Waals surface area contributed by atoms with Gasteiger partial charge in [0.2, 0.25) is 5.91 Å². The van der Waals surface area contributed by atoms with Gasteiger partial charge in [-0.25, -0.2) is 4.39 Å². The lowest BCUT2D eigenvalue weighted by molar-refractivity contribution is -0.121. The van der Waals surface area contributed by atoms with Gasteiger partial charge < -0.3 is 15.8 Å². The Bertz CT molecular complexity index is 369. The Kier molecular flexibility index (Phi) is 4.72. The highest BCUT2D eigenvalue weighted by Gasteiger charge is 2.05. The van der Waals surface area contributed by atoms with Gasteiger partial charge in [-0.1, -0.05) is 6.07 Å². The van der Waals surface area contributed by atoms with Gasteiger partial charge in [-0.15, -0.1) is 0 Å². The van der Waals surface area contributed by atoms with Crippen molar-refractivity contribution >= 4 is 5.91 Å². The van der Waals surface area contributed by atoms with Crippen molar-refractivity contribution in [3.05, 3.63) is 29.6 Å². The monoisotopic (exact) mass is 226 g/mol. The highest BCUT2D eigenvalue weighted by Crippen LogP contribution is 2.18. The first-order valence-corrected chi connectivity index (χ1v) is 4.99. The van der Waals surface area contributed by atoms with Crippen LogP contribution in [0.1, 0.15) is 12.0 Å². The quantitative estimate of drug-likeness (QED) is 0.780. The number of carbonyl (C=O) groups is 1. The van der Waals surface area contributed by atoms with E-state index in [1.165, 1.54) is 12.1 Å². The van der Waals surface area contributed by atoms with Crippen molar-refractivity contribution in [1.82, 2.24) is 5.32 Å². The summed E-state index contributed by atoms with van der Waals surface area (Å²) in [6, 6.07) is 4.54. The van der Waals surface area contributed by atoms with E-state index in [1.54, 1.807) is 13.1 Å². The van der Waals surface area contributed by atoms with Crippen LogP contribution in [0.2, 0.25) is 0 Å². The van der Waals surface area contributed by atoms with E-state index >= 15 is 0 Å². The number of ether oxygens (including phenoxy) is 1. The standard InChI is InChI=1S/C11H15FN2O2/c1-14-11(15)4-5-16-10-3-2-8(7-13)6-9(10)12/h2-3,6H,4-5,7,13H2,1H3,(H,14,15). The second-order valence-corrected chi connectivity index (χ2v) is 3.24. The van der Waals surface area contributed by atoms with Crippen molar-refractivity contribution in [2.45, 2.75) is 13.0 Å². The first-order valence-electron chi connectivity index (χ1n) is 4.99. The van der Waals surface area contributed by atoms with Gasteiger partial charge in [0.1, 0.15) is 0 Å². The SMILES string of the molecule is CNC(=O)CCOc1ccc(CN)cc1F. The topological polar surface area (TPSA) is 64.3 Å². The first kappa shape index (κ1) is 12.4. The summed E-state index contributed by atoms with van der Waals surface area (Å²) in [5.74, 6) is -0.458. The van der Waals surface area contributed by atoms with Gasteiger partial charge in [-0.05, 0) is 17.7 Å². The molecule has 1 rings (SSSR count). The summed E-state index contributed by atoms with van der Waals surface area (Å²) in [4.78, 5) is 10.9. The van der Waals surface area contributed by atoms with Crippen LogP contribution in [-0.2, 0) is 11.3 Å². The van der Waals surface area contributed by atoms with Crippen LogP contribution in [-0.4, -0.2) is 19.6 Å². The predicted molar refractivity (Wildman–Crippen MR) is 58.5 cm³/mol. The number of amides is 1. The molecule has 1 aromatic carbocycles. The lowest BCUT2D eigenvalue weighted by atomic mass is 10.2. The minimum absolute atomic E-state index is 0.140. The van der Waals surface area contributed by atoms with Crippen molar-refractivity contribution in [1.29, 1.82) is 0 Å². The van der Waals surface area contributed by atoms with Crippen LogP contribution in [0.15, 0.2) is 18.2 Å². The normalized spacial score (nSPS) is 9.94. The summed E-state index contributed by atoms with van der Waals surface area (Å²) in [7, 11) is 1.54. The van der Waals surface area contributed by atoms with Gasteiger partial charge in [0.25, 0.3) is 0 Å². The summed E-state index contributed by atoms with van der Waals surface area (Å²) in [5.41, 5.74) is 6.07. The fourth-order valence-corrected chi connectivity index (χ4v) is 1.17. The van der Waals surface area contributed by atoms with Crippen LogP contribution in [0, 0.1) is 5.82 Å². The average Bonchev–Trinajstić information content (AvgIpc) is 2.30. The Balaban J connectivity index is 2.51. The molecule has 0 bridgehead atoms. The third-order valence-electron chi connectivity index (χ3n) is 2.10. The Labute approximate surface area is 93.6 Å². The minimum atomic E-state index is -0.458. The number of nitrogens with two attached hydrogens (primary N) is 1. The van der Waals surface area contributed by atoms with E-state index in [-0.39, 0.29) is 31.2 Å². The van der Waals surface area contributed by atoms with Gasteiger partial charge in [-0.2, -0.15) is 0 Å². The maximum atomic E-state index is 13.4. The molecule has 3 N–H and O–H groups in total. The van der Waals surface area contributed by atoms with Crippen molar-refractivity contribution in [3.63, 3.8) is 0 Å². The van der Waals surface area contributed by atoms with Crippen LogP contribution in [0.5, 0.6) is 5.75 Å². The van der Waals surface area contributed by atoms with Gasteiger partial charge in [-0.3, -0.25) is 4.79 Å². The second-order valence-electron chi connectivity index (χ2n) is 3.24. The molecule has 4 nitrogen and oxygen atoms in total. The van der Waals surface area contributed by atoms with Crippen molar-refractivity contribution < 1.29 is 13.9 Å². The number of hydrogen-bond acceptors (Lipinski definition) is 3. The van der Waals surface area contributed by atoms with Crippen LogP contribution in [0.3, 0.4) is 0 Å². The molecule has 16 heavy (non-hydrogen) atoms. The molecule has 0 aliphatic rings. The molecule has 5 heteroatoms. The van der Waals surface area contributed by atoms with Crippen LogP contribution >= 0.6 is 0 Å². The number of hydrogen-bond donors (Lipinski definition) is 2. The molecule has 0 aliphatic carbocycles. The zero-order valence-electron chi connectivity index (χ0n) is 9.13. The van der Waals surface area contributed by atoms with Gasteiger partial charge in [0, 0.05) is 13.6 Å². The van der Waals surface area contributed by atoms with Gasteiger partial charge >= 0.3 is 0 Å². The molecular weight excluding hydrogens is 211 g/mol. The summed E-state index contributed by atoms with van der Waals surface area (Å²) in [6.45, 7) is 0.438. The number of rotatable bonds is 5. The predicted octanol–water partition coefficient (Wildman–Crippen LogP) is 0.799. The van der Waals surface area contributed by atoms with Crippen molar-refractivity contribution in [3.8, 4) is 5.75 Å². The summed E-state index contributed by atoms with van der Waals surface area (Å²) in [6.07, 6.45) is 0.203. The van der Waals surface area contributed by atoms with E-state index < -0.39 is 5.82 Å². The van der Waals surface area contributed by atoms with Gasteiger partial charge in [0.15, 0.2) is 11.6 Å². The van der Waals surface area contributed by atoms with Crippen molar-refractivity contribution in [2.24, 2.45) is 5.73 Å². The summed E-state index contributed by atoms with van der Waals surface area (Å²) >= 11 is 0. The molecule has 1 amide bonds. The maximum absolute atomic E-state index is 13.4. The molecule has 88 valence electrons. The second kappa shape index (κ2) is 6.07. The lowest BCUT2D eigenvalue weighted by Crippen LogP contribution is -2.20. The fourth-order valence-electron chi connectivity index (χ4n) is 1.17. The summed E-state index contributed by atoms with van der Waals surface area (Å²) in [5, 5.41) is 2.45. The van der Waals surface area contributed by atoms with E-state index in [0.717, 1.165) is 0 Å². The van der Waals surface area contributed by atoms with Gasteiger partial charge in [0.05, 0.1) is 13.0 Å². The molecule has 0 saturated carbocycles. The van der Waals surface area contributed by atoms with Crippen LogP contribution < -0.4 is 15.8 Å². The Morgan fingerprint density at radius 2 is 2.31 bits per heavy atom. The third-order valence-corrected chi connectivity index (χ3v) is 2.10. The Hall–Kier alpha value is -1.62. The smallest absolute Gasteiger partial charge is 0.223 e. The molecule has 0 saturated heterocycles. The fraction of sp³-hybridized carbons (Fsp3) is 0.364. The van der Waals surface area contributed by atoms with E-state index in [1.807, 2.05) is 0 Å². The molecule has 0 spiro atoms. The molecule has 1 aromatic rings. The Morgan fingerprint density at radius 3 is 2.88 bits per heavy atom. The van der Waals surface area contributed by atoms with Crippen molar-refractivity contribution in [2.75, 3.05) is 13.7 Å². The van der Waals surface area contributed by atoms with E-state index in [2.05, 4.69) is 5.32 Å². The maximum Gasteiger partial charge on any atom is 0.223 e. The van der Waals surface area contributed by atoms with E-state index in [4.69, 9.17) is 10.5 Å². The number of nitrogens with one attached hydrogen (secondary N) is 1. The van der Waals surface area contributed by atoms with Crippen LogP contribution in [0.25, 0.3) is 0 Å². The number of carbonyl (C=O) groups excluding carboxylic acids is 1. The van der Waals surface area contributed by atoms with E-state index in [9.17, 15) is 9.18 Å². The number of benzene rings is 1. The lowest BCUT2D eigenvalue weighted by Gasteiger charge is -2.07. The Morgan fingerprint density at radius 1 is 1.56 bits per heavy atom.